The van der Waals surface area contributed by atoms with Crippen molar-refractivity contribution in [1.29, 1.82) is 0 Å². The molecule has 0 radical (unpaired) electrons. The molecular formula is C8H13N3O. The average molecular weight is 167 g/mol. The van der Waals surface area contributed by atoms with Gasteiger partial charge in [-0.1, -0.05) is 0 Å². The van der Waals surface area contributed by atoms with Crippen LogP contribution in [0.3, 0.4) is 0 Å². The zero-order valence-corrected chi connectivity index (χ0v) is 7.32. The quantitative estimate of drug-likeness (QED) is 0.520. The van der Waals surface area contributed by atoms with Gasteiger partial charge >= 0.3 is 0 Å². The third-order valence-electron chi connectivity index (χ3n) is 1.62. The molecule has 0 aromatic carbocycles. The molecule has 0 aliphatic carbocycles. The van der Waals surface area contributed by atoms with Crippen LogP contribution in [-0.2, 0) is 6.54 Å². The zero-order valence-electron chi connectivity index (χ0n) is 7.32. The monoisotopic (exact) mass is 167 g/mol. The maximum absolute atomic E-state index is 5.58. The van der Waals surface area contributed by atoms with Crippen LogP contribution in [0.25, 0.3) is 0 Å². The summed E-state index contributed by atoms with van der Waals surface area (Å²) in [7, 11) is 3.55. The summed E-state index contributed by atoms with van der Waals surface area (Å²) in [6, 6.07) is 1.90. The Morgan fingerprint density at radius 1 is 1.75 bits per heavy atom. The first kappa shape index (κ1) is 8.64. The van der Waals surface area contributed by atoms with Crippen molar-refractivity contribution in [2.75, 3.05) is 14.1 Å². The predicted molar refractivity (Wildman–Crippen MR) is 47.7 cm³/mol. The van der Waals surface area contributed by atoms with Crippen molar-refractivity contribution in [2.45, 2.75) is 6.54 Å². The van der Waals surface area contributed by atoms with E-state index in [0.717, 1.165) is 12.1 Å². The standard InChI is InChI=1S/C8H13N3O/c1-10-8(9)11(2)5-7-3-4-12-6-7/h3-4,6H,5H2,1-2H3,(H2,9,10). The van der Waals surface area contributed by atoms with Gasteiger partial charge in [0.15, 0.2) is 5.96 Å². The Labute approximate surface area is 71.7 Å². The van der Waals surface area contributed by atoms with Crippen molar-refractivity contribution in [2.24, 2.45) is 10.7 Å². The third-order valence-corrected chi connectivity index (χ3v) is 1.62. The number of nitrogens with two attached hydrogens (primary N) is 1. The van der Waals surface area contributed by atoms with Crippen LogP contribution in [0.2, 0.25) is 0 Å². The number of hydrogen-bond acceptors (Lipinski definition) is 2. The smallest absolute Gasteiger partial charge is 0.191 e. The van der Waals surface area contributed by atoms with Crippen LogP contribution in [0, 0.1) is 0 Å². The average Bonchev–Trinajstić information content (AvgIpc) is 2.55. The predicted octanol–water partition coefficient (Wildman–Crippen LogP) is 0.656. The van der Waals surface area contributed by atoms with Crippen molar-refractivity contribution in [1.82, 2.24) is 4.90 Å². The molecule has 1 heterocycles. The molecule has 12 heavy (non-hydrogen) atoms. The van der Waals surface area contributed by atoms with Gasteiger partial charge in [-0.25, -0.2) is 0 Å². The summed E-state index contributed by atoms with van der Waals surface area (Å²) in [6.07, 6.45) is 3.34. The maximum atomic E-state index is 5.58. The van der Waals surface area contributed by atoms with Gasteiger partial charge in [0.2, 0.25) is 0 Å². The Morgan fingerprint density at radius 3 is 3.00 bits per heavy atom. The molecule has 1 aromatic heterocycles. The van der Waals surface area contributed by atoms with Crippen molar-refractivity contribution in [3.8, 4) is 0 Å². The van der Waals surface area contributed by atoms with Gasteiger partial charge in [0, 0.05) is 26.2 Å². The SMILES string of the molecule is CN=C(N)N(C)Cc1ccoc1. The number of aliphatic imine (C=N–C) groups is 1. The van der Waals surface area contributed by atoms with Gasteiger partial charge in [-0.3, -0.25) is 4.99 Å². The van der Waals surface area contributed by atoms with Crippen LogP contribution < -0.4 is 5.73 Å². The molecule has 0 aliphatic rings. The molecule has 1 rings (SSSR count). The van der Waals surface area contributed by atoms with E-state index >= 15 is 0 Å². The first-order valence-corrected chi connectivity index (χ1v) is 3.68. The van der Waals surface area contributed by atoms with Gasteiger partial charge in [0.05, 0.1) is 12.5 Å². The largest absolute Gasteiger partial charge is 0.472 e. The van der Waals surface area contributed by atoms with E-state index in [4.69, 9.17) is 10.2 Å². The maximum Gasteiger partial charge on any atom is 0.191 e. The summed E-state index contributed by atoms with van der Waals surface area (Å²) in [5.74, 6) is 0.524. The summed E-state index contributed by atoms with van der Waals surface area (Å²) >= 11 is 0. The molecular weight excluding hydrogens is 154 g/mol. The Kier molecular flexibility index (Phi) is 2.74. The molecule has 66 valence electrons. The second-order valence-corrected chi connectivity index (χ2v) is 2.57. The normalized spacial score (nSPS) is 11.7. The van der Waals surface area contributed by atoms with Crippen LogP contribution >= 0.6 is 0 Å². The van der Waals surface area contributed by atoms with E-state index in [0.29, 0.717) is 5.96 Å². The van der Waals surface area contributed by atoms with Crippen molar-refractivity contribution >= 4 is 5.96 Å². The topological polar surface area (TPSA) is 54.8 Å². The number of guanidine groups is 1. The lowest BCUT2D eigenvalue weighted by Gasteiger charge is -2.15. The van der Waals surface area contributed by atoms with Crippen molar-refractivity contribution in [3.05, 3.63) is 24.2 Å². The van der Waals surface area contributed by atoms with E-state index in [9.17, 15) is 0 Å². The Bertz CT molecular complexity index is 253. The van der Waals surface area contributed by atoms with Gasteiger partial charge in [0.25, 0.3) is 0 Å². The zero-order chi connectivity index (χ0) is 8.97. The van der Waals surface area contributed by atoms with Crippen LogP contribution in [0.15, 0.2) is 28.0 Å². The van der Waals surface area contributed by atoms with Crippen molar-refractivity contribution < 1.29 is 4.42 Å². The minimum atomic E-state index is 0.524. The number of rotatable bonds is 2. The molecule has 0 saturated carbocycles. The fourth-order valence-corrected chi connectivity index (χ4v) is 0.908. The fraction of sp³-hybridized carbons (Fsp3) is 0.375. The van der Waals surface area contributed by atoms with Gasteiger partial charge in [-0.05, 0) is 6.07 Å². The Balaban J connectivity index is 2.53. The first-order valence-electron chi connectivity index (χ1n) is 3.68. The summed E-state index contributed by atoms with van der Waals surface area (Å²) in [5.41, 5.74) is 6.67. The second kappa shape index (κ2) is 3.80. The number of furan rings is 1. The first-order chi connectivity index (χ1) is 5.74. The van der Waals surface area contributed by atoms with Gasteiger partial charge < -0.3 is 15.1 Å². The summed E-state index contributed by atoms with van der Waals surface area (Å²) < 4.78 is 4.92. The summed E-state index contributed by atoms with van der Waals surface area (Å²) in [4.78, 5) is 5.71. The highest BCUT2D eigenvalue weighted by molar-refractivity contribution is 5.77. The molecule has 0 unspecified atom stereocenters. The minimum absolute atomic E-state index is 0.524. The second-order valence-electron chi connectivity index (χ2n) is 2.57. The van der Waals surface area contributed by atoms with E-state index in [-0.39, 0.29) is 0 Å². The van der Waals surface area contributed by atoms with Gasteiger partial charge in [0.1, 0.15) is 0 Å². The molecule has 0 bridgehead atoms. The minimum Gasteiger partial charge on any atom is -0.472 e. The number of hydrogen-bond donors (Lipinski definition) is 1. The summed E-state index contributed by atoms with van der Waals surface area (Å²) in [5, 5.41) is 0. The molecule has 0 aliphatic heterocycles. The van der Waals surface area contributed by atoms with Crippen LogP contribution in [-0.4, -0.2) is 25.0 Å². The molecule has 0 amide bonds. The van der Waals surface area contributed by atoms with E-state index in [1.165, 1.54) is 0 Å². The van der Waals surface area contributed by atoms with E-state index in [1.807, 2.05) is 18.0 Å². The molecule has 4 nitrogen and oxygen atoms in total. The fourth-order valence-electron chi connectivity index (χ4n) is 0.908. The molecule has 4 heteroatoms. The lowest BCUT2D eigenvalue weighted by molar-refractivity contribution is 0.486. The molecule has 0 atom stereocenters. The molecule has 0 fully saturated rings. The van der Waals surface area contributed by atoms with Crippen LogP contribution in [0.4, 0.5) is 0 Å². The van der Waals surface area contributed by atoms with Gasteiger partial charge in [-0.15, -0.1) is 0 Å². The molecule has 0 saturated heterocycles. The number of nitrogens with zero attached hydrogens (tertiary/aromatic N) is 2. The van der Waals surface area contributed by atoms with Crippen molar-refractivity contribution in [3.63, 3.8) is 0 Å². The third kappa shape index (κ3) is 2.02. The lowest BCUT2D eigenvalue weighted by atomic mass is 10.3. The highest BCUT2D eigenvalue weighted by atomic mass is 16.3. The Hall–Kier alpha value is -1.45. The summed E-state index contributed by atoms with van der Waals surface area (Å²) in [6.45, 7) is 0.722. The van der Waals surface area contributed by atoms with Crippen LogP contribution in [0.5, 0.6) is 0 Å². The van der Waals surface area contributed by atoms with Gasteiger partial charge in [-0.2, -0.15) is 0 Å². The lowest BCUT2D eigenvalue weighted by Crippen LogP contribution is -2.33. The Morgan fingerprint density at radius 2 is 2.50 bits per heavy atom. The molecule has 1 aromatic rings. The van der Waals surface area contributed by atoms with Crippen LogP contribution in [0.1, 0.15) is 5.56 Å². The highest BCUT2D eigenvalue weighted by Gasteiger charge is 2.02. The molecule has 0 spiro atoms. The van der Waals surface area contributed by atoms with E-state index < -0.39 is 0 Å². The molecule has 2 N–H and O–H groups in total. The highest BCUT2D eigenvalue weighted by Crippen LogP contribution is 2.02. The van der Waals surface area contributed by atoms with E-state index in [2.05, 4.69) is 4.99 Å². The van der Waals surface area contributed by atoms with E-state index in [1.54, 1.807) is 19.6 Å².